The maximum atomic E-state index is 13.0. The van der Waals surface area contributed by atoms with Crippen molar-refractivity contribution in [3.8, 4) is 5.88 Å². The Bertz CT molecular complexity index is 1040. The van der Waals surface area contributed by atoms with Gasteiger partial charge in [-0.05, 0) is 42.7 Å². The molecule has 0 bridgehead atoms. The number of nitrogens with one attached hydrogen (secondary N) is 1. The van der Waals surface area contributed by atoms with E-state index in [-0.39, 0.29) is 28.5 Å². The minimum Gasteiger partial charge on any atom is -0.481 e. The van der Waals surface area contributed by atoms with Crippen LogP contribution < -0.4 is 10.1 Å². The lowest BCUT2D eigenvalue weighted by Crippen LogP contribution is -2.46. The van der Waals surface area contributed by atoms with Gasteiger partial charge < -0.3 is 19.9 Å². The third-order valence-electron chi connectivity index (χ3n) is 7.39. The Labute approximate surface area is 199 Å². The smallest absolute Gasteiger partial charge is 0.317 e. The van der Waals surface area contributed by atoms with Gasteiger partial charge in [0.2, 0.25) is 5.88 Å². The van der Waals surface area contributed by atoms with E-state index >= 15 is 0 Å². The molecule has 33 heavy (non-hydrogen) atoms. The summed E-state index contributed by atoms with van der Waals surface area (Å²) in [6.45, 7) is 2.89. The van der Waals surface area contributed by atoms with Crippen LogP contribution in [-0.2, 0) is 0 Å². The van der Waals surface area contributed by atoms with Gasteiger partial charge in [-0.15, -0.1) is 0 Å². The molecule has 2 atom stereocenters. The maximum absolute atomic E-state index is 13.0. The second kappa shape index (κ2) is 8.86. The van der Waals surface area contributed by atoms with Gasteiger partial charge in [0.15, 0.2) is 0 Å². The molecule has 8 heteroatoms. The van der Waals surface area contributed by atoms with Gasteiger partial charge in [-0.2, -0.15) is 0 Å². The monoisotopic (exact) mass is 468 g/mol. The fraction of sp³-hybridized carbons (Fsp3) is 0.480. The molecule has 2 saturated heterocycles. The predicted molar refractivity (Wildman–Crippen MR) is 126 cm³/mol. The highest BCUT2D eigenvalue weighted by molar-refractivity contribution is 6.29. The van der Waals surface area contributed by atoms with Crippen LogP contribution in [0.4, 0.5) is 4.79 Å². The highest BCUT2D eigenvalue weighted by Gasteiger charge is 2.45. The highest BCUT2D eigenvalue weighted by atomic mass is 35.5. The molecule has 1 saturated carbocycles. The lowest BCUT2D eigenvalue weighted by atomic mass is 9.77. The maximum Gasteiger partial charge on any atom is 0.317 e. The molecule has 174 valence electrons. The van der Waals surface area contributed by atoms with Crippen molar-refractivity contribution in [3.63, 3.8) is 0 Å². The fourth-order valence-electron chi connectivity index (χ4n) is 5.26. The summed E-state index contributed by atoms with van der Waals surface area (Å²) in [7, 11) is 1.50. The van der Waals surface area contributed by atoms with Crippen molar-refractivity contribution >= 4 is 23.5 Å². The average molecular weight is 469 g/mol. The number of methoxy groups -OCH3 is 1. The average Bonchev–Trinajstić information content (AvgIpc) is 3.49. The lowest BCUT2D eigenvalue weighted by Gasteiger charge is -2.39. The number of pyridine rings is 1. The molecule has 3 aliphatic rings. The van der Waals surface area contributed by atoms with Gasteiger partial charge in [-0.25, -0.2) is 9.78 Å². The van der Waals surface area contributed by atoms with Crippen molar-refractivity contribution in [3.05, 3.63) is 58.7 Å². The van der Waals surface area contributed by atoms with Gasteiger partial charge in [-0.3, -0.25) is 4.79 Å². The minimum atomic E-state index is -0.0549. The van der Waals surface area contributed by atoms with Crippen LogP contribution in [0, 0.1) is 5.41 Å². The van der Waals surface area contributed by atoms with E-state index in [0.717, 1.165) is 38.8 Å². The number of likely N-dealkylation sites (tertiary alicyclic amines) is 2. The molecular formula is C25H29ClN4O3. The van der Waals surface area contributed by atoms with E-state index in [9.17, 15) is 9.59 Å². The van der Waals surface area contributed by atoms with Crippen molar-refractivity contribution < 1.29 is 14.3 Å². The van der Waals surface area contributed by atoms with E-state index in [0.29, 0.717) is 30.5 Å². The van der Waals surface area contributed by atoms with Gasteiger partial charge in [0.05, 0.1) is 7.11 Å². The molecule has 0 radical (unpaired) electrons. The molecule has 7 nitrogen and oxygen atoms in total. The Morgan fingerprint density at radius 1 is 1.09 bits per heavy atom. The second-order valence-corrected chi connectivity index (χ2v) is 9.88. The van der Waals surface area contributed by atoms with E-state index in [2.05, 4.69) is 22.4 Å². The normalized spacial score (nSPS) is 23.5. The Morgan fingerprint density at radius 3 is 2.48 bits per heavy atom. The number of carbonyl (C=O) groups excluding carboxylic acids is 2. The van der Waals surface area contributed by atoms with Crippen LogP contribution >= 0.6 is 11.6 Å². The molecule has 1 aliphatic carbocycles. The number of benzene rings is 1. The number of urea groups is 1. The third-order valence-corrected chi connectivity index (χ3v) is 7.58. The zero-order chi connectivity index (χ0) is 23.0. The van der Waals surface area contributed by atoms with Crippen LogP contribution in [0.15, 0.2) is 42.5 Å². The van der Waals surface area contributed by atoms with Crippen LogP contribution in [0.2, 0.25) is 5.15 Å². The first kappa shape index (κ1) is 22.0. The zero-order valence-corrected chi connectivity index (χ0v) is 19.6. The topological polar surface area (TPSA) is 74.8 Å². The standard InChI is InChI=1S/C25H29ClN4O3/c1-33-22-14-18(13-21(26)28-22)23(31)29-10-7-25(8-11-29)9-12-30(16-25)24(32)27-20-15-19(20)17-5-3-2-4-6-17/h2-6,13-14,19-20H,7-12,15-16H2,1H3,(H,27,32)/t19-,20+/m0/s1. The molecule has 1 aromatic heterocycles. The Hall–Kier alpha value is -2.80. The number of carbonyl (C=O) groups is 2. The van der Waals surface area contributed by atoms with Crippen molar-refractivity contribution in [1.82, 2.24) is 20.1 Å². The Morgan fingerprint density at radius 2 is 1.79 bits per heavy atom. The van der Waals surface area contributed by atoms with Gasteiger partial charge >= 0.3 is 6.03 Å². The van der Waals surface area contributed by atoms with Crippen molar-refractivity contribution in [2.75, 3.05) is 33.3 Å². The zero-order valence-electron chi connectivity index (χ0n) is 18.8. The number of aromatic nitrogens is 1. The molecular weight excluding hydrogens is 440 g/mol. The summed E-state index contributed by atoms with van der Waals surface area (Å²) < 4.78 is 5.14. The molecule has 3 heterocycles. The van der Waals surface area contributed by atoms with Crippen LogP contribution in [0.25, 0.3) is 0 Å². The summed E-state index contributed by atoms with van der Waals surface area (Å²) in [5.41, 5.74) is 1.89. The van der Waals surface area contributed by atoms with E-state index in [1.807, 2.05) is 28.0 Å². The largest absolute Gasteiger partial charge is 0.481 e. The van der Waals surface area contributed by atoms with Crippen molar-refractivity contribution in [1.29, 1.82) is 0 Å². The van der Waals surface area contributed by atoms with Crippen molar-refractivity contribution in [2.24, 2.45) is 5.41 Å². The van der Waals surface area contributed by atoms with Crippen LogP contribution in [0.1, 0.15) is 47.5 Å². The molecule has 2 aromatic rings. The van der Waals surface area contributed by atoms with Crippen LogP contribution in [-0.4, -0.2) is 66.1 Å². The number of hydrogen-bond donors (Lipinski definition) is 1. The van der Waals surface area contributed by atoms with E-state index < -0.39 is 0 Å². The van der Waals surface area contributed by atoms with Crippen molar-refractivity contribution in [2.45, 2.75) is 37.6 Å². The number of hydrogen-bond acceptors (Lipinski definition) is 4. The Balaban J connectivity index is 1.13. The SMILES string of the molecule is COc1cc(C(=O)N2CCC3(CCN(C(=O)N[C@@H]4C[C@H]4c4ccccc4)C3)CC2)cc(Cl)n1. The summed E-state index contributed by atoms with van der Waals surface area (Å²) in [5, 5.41) is 3.47. The lowest BCUT2D eigenvalue weighted by molar-refractivity contribution is 0.0593. The van der Waals surface area contributed by atoms with E-state index in [1.165, 1.54) is 12.7 Å². The van der Waals surface area contributed by atoms with Crippen LogP contribution in [0.3, 0.4) is 0 Å². The summed E-state index contributed by atoms with van der Waals surface area (Å²) in [6.07, 6.45) is 3.79. The first-order valence-corrected chi connectivity index (χ1v) is 12.0. The van der Waals surface area contributed by atoms with Gasteiger partial charge in [0, 0.05) is 49.8 Å². The molecule has 1 N–H and O–H groups in total. The summed E-state index contributed by atoms with van der Waals surface area (Å²) in [5.74, 6) is 0.712. The number of halogens is 1. The molecule has 1 aromatic carbocycles. The number of ether oxygens (including phenoxy) is 1. The molecule has 2 aliphatic heterocycles. The predicted octanol–water partition coefficient (Wildman–Crippen LogP) is 3.94. The number of amides is 3. The second-order valence-electron chi connectivity index (χ2n) is 9.49. The highest BCUT2D eigenvalue weighted by Crippen LogP contribution is 2.43. The van der Waals surface area contributed by atoms with Gasteiger partial charge in [0.1, 0.15) is 5.15 Å². The number of nitrogens with zero attached hydrogens (tertiary/aromatic N) is 3. The first-order valence-electron chi connectivity index (χ1n) is 11.6. The molecule has 1 spiro atoms. The quantitative estimate of drug-likeness (QED) is 0.690. The number of piperidine rings is 1. The van der Waals surface area contributed by atoms with Crippen LogP contribution in [0.5, 0.6) is 5.88 Å². The molecule has 0 unspecified atom stereocenters. The van der Waals surface area contributed by atoms with E-state index in [1.54, 1.807) is 12.1 Å². The molecule has 5 rings (SSSR count). The molecule has 3 amide bonds. The summed E-state index contributed by atoms with van der Waals surface area (Å²) in [6, 6.07) is 13.9. The van der Waals surface area contributed by atoms with Gasteiger partial charge in [-0.1, -0.05) is 41.9 Å². The molecule has 3 fully saturated rings. The summed E-state index contributed by atoms with van der Waals surface area (Å²) in [4.78, 5) is 33.7. The number of rotatable bonds is 4. The first-order chi connectivity index (χ1) is 16.0. The Kier molecular flexibility index (Phi) is 5.91. The fourth-order valence-corrected chi connectivity index (χ4v) is 5.46. The minimum absolute atomic E-state index is 0.0485. The third kappa shape index (κ3) is 4.64. The summed E-state index contributed by atoms with van der Waals surface area (Å²) >= 11 is 6.03. The van der Waals surface area contributed by atoms with Gasteiger partial charge in [0.25, 0.3) is 5.91 Å². The van der Waals surface area contributed by atoms with E-state index in [4.69, 9.17) is 16.3 Å².